The molecule has 2 rings (SSSR count). The van der Waals surface area contributed by atoms with Gasteiger partial charge in [0.1, 0.15) is 18.5 Å². The smallest absolute Gasteiger partial charge is 0.326 e. The number of rotatable bonds is 9. The molecule has 0 aliphatic rings. The van der Waals surface area contributed by atoms with Crippen molar-refractivity contribution < 1.29 is 14.3 Å². The third-order valence-corrected chi connectivity index (χ3v) is 4.76. The molecule has 0 saturated carbocycles. The van der Waals surface area contributed by atoms with Gasteiger partial charge in [-0.25, -0.2) is 4.98 Å². The maximum atomic E-state index is 13.0. The Kier molecular flexibility index (Phi) is 8.21. The Labute approximate surface area is 176 Å². The highest BCUT2D eigenvalue weighted by Gasteiger charge is 2.23. The summed E-state index contributed by atoms with van der Waals surface area (Å²) < 4.78 is 5.38. The predicted molar refractivity (Wildman–Crippen MR) is 113 cm³/mol. The molecule has 1 heterocycles. The first-order valence-electron chi connectivity index (χ1n) is 9.37. The Morgan fingerprint density at radius 2 is 1.83 bits per heavy atom. The van der Waals surface area contributed by atoms with E-state index >= 15 is 0 Å². The van der Waals surface area contributed by atoms with Crippen LogP contribution in [-0.4, -0.2) is 76.2 Å². The lowest BCUT2D eigenvalue weighted by Gasteiger charge is -2.26. The molecule has 0 unspecified atom stereocenters. The maximum absolute atomic E-state index is 13.0. The Hall–Kier alpha value is -2.39. The van der Waals surface area contributed by atoms with Gasteiger partial charge in [-0.1, -0.05) is 23.9 Å². The quantitative estimate of drug-likeness (QED) is 0.493. The highest BCUT2D eigenvalue weighted by molar-refractivity contribution is 7.98. The van der Waals surface area contributed by atoms with Crippen LogP contribution in [-0.2, 0) is 15.3 Å². The Balaban J connectivity index is 2.03. The zero-order valence-electron chi connectivity index (χ0n) is 17.6. The number of H-pyrrole nitrogens is 1. The Morgan fingerprint density at radius 3 is 2.38 bits per heavy atom. The van der Waals surface area contributed by atoms with Crippen molar-refractivity contribution in [1.82, 2.24) is 25.0 Å². The van der Waals surface area contributed by atoms with Gasteiger partial charge in [-0.3, -0.25) is 14.7 Å². The number of aromatic nitrogens is 3. The van der Waals surface area contributed by atoms with E-state index in [4.69, 9.17) is 4.74 Å². The number of nitrogens with one attached hydrogen (secondary N) is 1. The Bertz CT molecular complexity index is 785. The minimum atomic E-state index is -0.587. The van der Waals surface area contributed by atoms with E-state index in [0.717, 1.165) is 10.7 Å². The monoisotopic (exact) mass is 419 g/mol. The SMILES string of the molecule is CN(C)CCN(CC(=O)OC(C)(C)C)C(=O)c1ccc(CSc2ncn[nH]2)cc1. The number of amides is 1. The average molecular weight is 420 g/mol. The van der Waals surface area contributed by atoms with Gasteiger partial charge in [-0.2, -0.15) is 5.10 Å². The number of ether oxygens (including phenoxy) is 1. The summed E-state index contributed by atoms with van der Waals surface area (Å²) in [5.74, 6) is 0.114. The Morgan fingerprint density at radius 1 is 1.14 bits per heavy atom. The van der Waals surface area contributed by atoms with Crippen molar-refractivity contribution in [2.45, 2.75) is 37.3 Å². The van der Waals surface area contributed by atoms with Crippen LogP contribution in [0, 0.1) is 0 Å². The summed E-state index contributed by atoms with van der Waals surface area (Å²) >= 11 is 1.53. The first-order chi connectivity index (χ1) is 13.6. The molecule has 0 aliphatic carbocycles. The summed E-state index contributed by atoms with van der Waals surface area (Å²) in [5, 5.41) is 7.37. The number of likely N-dealkylation sites (N-methyl/N-ethyl adjacent to an activating group) is 1. The summed E-state index contributed by atoms with van der Waals surface area (Å²) in [7, 11) is 3.86. The fourth-order valence-corrected chi connectivity index (χ4v) is 3.18. The topological polar surface area (TPSA) is 91.4 Å². The number of benzene rings is 1. The number of thioether (sulfide) groups is 1. The zero-order valence-corrected chi connectivity index (χ0v) is 18.5. The molecule has 0 bridgehead atoms. The molecule has 9 heteroatoms. The number of nitrogens with zero attached hydrogens (tertiary/aromatic N) is 4. The summed E-state index contributed by atoms with van der Waals surface area (Å²) in [4.78, 5) is 32.8. The van der Waals surface area contributed by atoms with E-state index in [-0.39, 0.29) is 12.5 Å². The molecule has 1 amide bonds. The van der Waals surface area contributed by atoms with Crippen LogP contribution in [0.25, 0.3) is 0 Å². The molecule has 0 saturated heterocycles. The minimum Gasteiger partial charge on any atom is -0.459 e. The van der Waals surface area contributed by atoms with E-state index < -0.39 is 11.6 Å². The lowest BCUT2D eigenvalue weighted by atomic mass is 10.1. The van der Waals surface area contributed by atoms with E-state index in [1.807, 2.05) is 51.9 Å². The van der Waals surface area contributed by atoms with Crippen LogP contribution in [0.2, 0.25) is 0 Å². The number of hydrogen-bond acceptors (Lipinski definition) is 7. The zero-order chi connectivity index (χ0) is 21.4. The number of carbonyl (C=O) groups excluding carboxylic acids is 2. The highest BCUT2D eigenvalue weighted by Crippen LogP contribution is 2.19. The second-order valence-corrected chi connectivity index (χ2v) is 8.86. The largest absolute Gasteiger partial charge is 0.459 e. The standard InChI is InChI=1S/C20H29N5O3S/c1-20(2,3)28-17(26)12-25(11-10-24(4)5)18(27)16-8-6-15(7-9-16)13-29-19-21-14-22-23-19/h6-9,14H,10-13H2,1-5H3,(H,21,22,23). The molecular weight excluding hydrogens is 390 g/mol. The summed E-state index contributed by atoms with van der Waals surface area (Å²) in [6.45, 7) is 6.45. The molecule has 8 nitrogen and oxygen atoms in total. The van der Waals surface area contributed by atoms with E-state index in [1.54, 1.807) is 12.1 Å². The molecule has 0 aliphatic heterocycles. The van der Waals surface area contributed by atoms with E-state index in [2.05, 4.69) is 15.2 Å². The second-order valence-electron chi connectivity index (χ2n) is 7.89. The highest BCUT2D eigenvalue weighted by atomic mass is 32.2. The predicted octanol–water partition coefficient (Wildman–Crippen LogP) is 2.44. The van der Waals surface area contributed by atoms with Gasteiger partial charge in [0, 0.05) is 24.4 Å². The minimum absolute atomic E-state index is 0.0763. The van der Waals surface area contributed by atoms with Gasteiger partial charge in [0.05, 0.1) is 0 Å². The van der Waals surface area contributed by atoms with E-state index in [1.165, 1.54) is 23.0 Å². The molecule has 1 N–H and O–H groups in total. The van der Waals surface area contributed by atoms with Crippen LogP contribution in [0.3, 0.4) is 0 Å². The first kappa shape index (κ1) is 22.9. The third kappa shape index (κ3) is 8.25. The molecule has 0 fully saturated rings. The molecule has 0 spiro atoms. The third-order valence-electron chi connectivity index (χ3n) is 3.81. The number of aromatic amines is 1. The van der Waals surface area contributed by atoms with Crippen molar-refractivity contribution in [3.05, 3.63) is 41.7 Å². The van der Waals surface area contributed by atoms with Gasteiger partial charge >= 0.3 is 5.97 Å². The van der Waals surface area contributed by atoms with Crippen LogP contribution in [0.1, 0.15) is 36.7 Å². The van der Waals surface area contributed by atoms with E-state index in [9.17, 15) is 9.59 Å². The molecule has 158 valence electrons. The van der Waals surface area contributed by atoms with Crippen molar-refractivity contribution in [3.8, 4) is 0 Å². The molecule has 0 radical (unpaired) electrons. The van der Waals surface area contributed by atoms with Crippen LogP contribution < -0.4 is 0 Å². The first-order valence-corrected chi connectivity index (χ1v) is 10.4. The fraction of sp³-hybridized carbons (Fsp3) is 0.500. The van der Waals surface area contributed by atoms with Gasteiger partial charge in [0.15, 0.2) is 5.16 Å². The van der Waals surface area contributed by atoms with E-state index in [0.29, 0.717) is 24.4 Å². The van der Waals surface area contributed by atoms with Crippen molar-refractivity contribution in [2.24, 2.45) is 0 Å². The van der Waals surface area contributed by atoms with Crippen LogP contribution >= 0.6 is 11.8 Å². The fourth-order valence-electron chi connectivity index (χ4n) is 2.44. The average Bonchev–Trinajstić information content (AvgIpc) is 3.15. The summed E-state index contributed by atoms with van der Waals surface area (Å²) in [5.41, 5.74) is 1.02. The van der Waals surface area contributed by atoms with Crippen LogP contribution in [0.4, 0.5) is 0 Å². The van der Waals surface area contributed by atoms with Crippen molar-refractivity contribution in [2.75, 3.05) is 33.7 Å². The van der Waals surface area contributed by atoms with Gasteiger partial charge in [0.2, 0.25) is 0 Å². The lowest BCUT2D eigenvalue weighted by Crippen LogP contribution is -2.42. The molecular formula is C20H29N5O3S. The number of carbonyl (C=O) groups is 2. The second kappa shape index (κ2) is 10.4. The van der Waals surface area contributed by atoms with Gasteiger partial charge < -0.3 is 14.5 Å². The summed E-state index contributed by atoms with van der Waals surface area (Å²) in [6.07, 6.45) is 1.47. The van der Waals surface area contributed by atoms with Crippen molar-refractivity contribution in [3.63, 3.8) is 0 Å². The van der Waals surface area contributed by atoms with Crippen LogP contribution in [0.5, 0.6) is 0 Å². The summed E-state index contributed by atoms with van der Waals surface area (Å²) in [6, 6.07) is 7.40. The molecule has 1 aromatic carbocycles. The lowest BCUT2D eigenvalue weighted by molar-refractivity contribution is -0.155. The molecule has 0 atom stereocenters. The normalized spacial score (nSPS) is 11.5. The van der Waals surface area contributed by atoms with Crippen molar-refractivity contribution in [1.29, 1.82) is 0 Å². The van der Waals surface area contributed by atoms with Crippen molar-refractivity contribution >= 4 is 23.6 Å². The maximum Gasteiger partial charge on any atom is 0.326 e. The number of esters is 1. The molecule has 1 aromatic heterocycles. The molecule has 29 heavy (non-hydrogen) atoms. The molecule has 2 aromatic rings. The van der Waals surface area contributed by atoms with Gasteiger partial charge in [0.25, 0.3) is 5.91 Å². The van der Waals surface area contributed by atoms with Crippen LogP contribution in [0.15, 0.2) is 35.7 Å². The van der Waals surface area contributed by atoms with Gasteiger partial charge in [-0.05, 0) is 52.6 Å². The number of hydrogen-bond donors (Lipinski definition) is 1. The van der Waals surface area contributed by atoms with Gasteiger partial charge in [-0.15, -0.1) is 0 Å².